The SMILES string of the molecule is CCC(CC)c1cc2n(n1)CCCN2. The standard InChI is InChI=1S/C11H19N3/c1-3-9(4-2)10-8-11-12-6-5-7-14(11)13-10/h8-9,12H,3-7H2,1-2H3. The largest absolute Gasteiger partial charge is 0.370 e. The van der Waals surface area contributed by atoms with Crippen LogP contribution in [0.1, 0.15) is 44.7 Å². The fourth-order valence-corrected chi connectivity index (χ4v) is 2.10. The van der Waals surface area contributed by atoms with Crippen molar-refractivity contribution >= 4 is 5.82 Å². The molecule has 78 valence electrons. The molecule has 1 aliphatic heterocycles. The zero-order valence-electron chi connectivity index (χ0n) is 9.08. The fraction of sp³-hybridized carbons (Fsp3) is 0.727. The van der Waals surface area contributed by atoms with E-state index in [2.05, 4.69) is 35.0 Å². The van der Waals surface area contributed by atoms with E-state index >= 15 is 0 Å². The normalized spacial score (nSPS) is 15.4. The second-order valence-corrected chi connectivity index (χ2v) is 3.97. The van der Waals surface area contributed by atoms with Crippen LogP contribution >= 0.6 is 0 Å². The first-order valence-corrected chi connectivity index (χ1v) is 5.66. The maximum absolute atomic E-state index is 4.65. The van der Waals surface area contributed by atoms with Gasteiger partial charge >= 0.3 is 0 Å². The van der Waals surface area contributed by atoms with Crippen LogP contribution in [-0.4, -0.2) is 16.3 Å². The molecule has 3 heteroatoms. The third-order valence-electron chi connectivity index (χ3n) is 3.06. The maximum Gasteiger partial charge on any atom is 0.124 e. The van der Waals surface area contributed by atoms with Crippen LogP contribution < -0.4 is 5.32 Å². The Morgan fingerprint density at radius 2 is 2.29 bits per heavy atom. The summed E-state index contributed by atoms with van der Waals surface area (Å²) in [5.41, 5.74) is 1.26. The molecular formula is C11H19N3. The number of fused-ring (bicyclic) bond motifs is 1. The molecule has 2 rings (SSSR count). The molecule has 0 fully saturated rings. The molecule has 1 aliphatic rings. The van der Waals surface area contributed by atoms with Gasteiger partial charge in [0.2, 0.25) is 0 Å². The summed E-state index contributed by atoms with van der Waals surface area (Å²) in [6, 6.07) is 2.22. The van der Waals surface area contributed by atoms with Crippen molar-refractivity contribution in [1.29, 1.82) is 0 Å². The first-order valence-electron chi connectivity index (χ1n) is 5.66. The summed E-state index contributed by atoms with van der Waals surface area (Å²) in [7, 11) is 0. The van der Waals surface area contributed by atoms with E-state index in [1.54, 1.807) is 0 Å². The average Bonchev–Trinajstić information content (AvgIpc) is 2.63. The van der Waals surface area contributed by atoms with E-state index in [0.29, 0.717) is 5.92 Å². The van der Waals surface area contributed by atoms with Crippen molar-refractivity contribution in [3.8, 4) is 0 Å². The maximum atomic E-state index is 4.65. The topological polar surface area (TPSA) is 29.9 Å². The lowest BCUT2D eigenvalue weighted by atomic mass is 10.00. The fourth-order valence-electron chi connectivity index (χ4n) is 2.10. The highest BCUT2D eigenvalue weighted by atomic mass is 15.3. The van der Waals surface area contributed by atoms with Crippen LogP contribution in [0.15, 0.2) is 6.07 Å². The third kappa shape index (κ3) is 1.63. The Bertz CT molecular complexity index is 276. The Hall–Kier alpha value is -0.990. The van der Waals surface area contributed by atoms with Gasteiger partial charge in [-0.3, -0.25) is 0 Å². The van der Waals surface area contributed by atoms with Crippen LogP contribution in [0.3, 0.4) is 0 Å². The van der Waals surface area contributed by atoms with Crippen molar-refractivity contribution < 1.29 is 0 Å². The van der Waals surface area contributed by atoms with Gasteiger partial charge in [-0.1, -0.05) is 13.8 Å². The number of hydrogen-bond acceptors (Lipinski definition) is 2. The highest BCUT2D eigenvalue weighted by molar-refractivity contribution is 5.39. The van der Waals surface area contributed by atoms with Gasteiger partial charge in [0.05, 0.1) is 5.69 Å². The summed E-state index contributed by atoms with van der Waals surface area (Å²) in [4.78, 5) is 0. The lowest BCUT2D eigenvalue weighted by Crippen LogP contribution is -2.17. The van der Waals surface area contributed by atoms with Gasteiger partial charge in [-0.2, -0.15) is 5.10 Å². The Morgan fingerprint density at radius 3 is 2.93 bits per heavy atom. The number of anilines is 1. The number of nitrogens with one attached hydrogen (secondary N) is 1. The second kappa shape index (κ2) is 4.03. The van der Waals surface area contributed by atoms with Crippen LogP contribution in [0.5, 0.6) is 0 Å². The van der Waals surface area contributed by atoms with Gasteiger partial charge in [-0.05, 0) is 19.3 Å². The Balaban J connectivity index is 2.22. The minimum atomic E-state index is 0.634. The van der Waals surface area contributed by atoms with Crippen LogP contribution in [0.25, 0.3) is 0 Å². The summed E-state index contributed by atoms with van der Waals surface area (Å²) in [6.07, 6.45) is 3.57. The van der Waals surface area contributed by atoms with Crippen LogP contribution in [0, 0.1) is 0 Å². The molecule has 14 heavy (non-hydrogen) atoms. The summed E-state index contributed by atoms with van der Waals surface area (Å²) in [5, 5.41) is 8.03. The molecule has 1 N–H and O–H groups in total. The summed E-state index contributed by atoms with van der Waals surface area (Å²) in [6.45, 7) is 6.64. The number of hydrogen-bond donors (Lipinski definition) is 1. The quantitative estimate of drug-likeness (QED) is 0.799. The predicted octanol–water partition coefficient (Wildman–Crippen LogP) is 2.60. The first kappa shape index (κ1) is 9.56. The average molecular weight is 193 g/mol. The van der Waals surface area contributed by atoms with Crippen molar-refractivity contribution in [3.05, 3.63) is 11.8 Å². The van der Waals surface area contributed by atoms with Crippen LogP contribution in [0.2, 0.25) is 0 Å². The van der Waals surface area contributed by atoms with Crippen LogP contribution in [-0.2, 0) is 6.54 Å². The smallest absolute Gasteiger partial charge is 0.124 e. The molecule has 0 saturated heterocycles. The Kier molecular flexibility index (Phi) is 2.75. The van der Waals surface area contributed by atoms with Gasteiger partial charge in [0.1, 0.15) is 5.82 Å². The molecule has 0 spiro atoms. The van der Waals surface area contributed by atoms with Crippen molar-refractivity contribution in [1.82, 2.24) is 9.78 Å². The van der Waals surface area contributed by atoms with E-state index in [9.17, 15) is 0 Å². The van der Waals surface area contributed by atoms with Crippen molar-refractivity contribution in [2.75, 3.05) is 11.9 Å². The molecule has 2 heterocycles. The zero-order chi connectivity index (χ0) is 9.97. The summed E-state index contributed by atoms with van der Waals surface area (Å²) >= 11 is 0. The molecule has 0 bridgehead atoms. The molecule has 3 nitrogen and oxygen atoms in total. The number of aromatic nitrogens is 2. The molecule has 0 saturated carbocycles. The molecule has 0 radical (unpaired) electrons. The van der Waals surface area contributed by atoms with Gasteiger partial charge in [0.15, 0.2) is 0 Å². The van der Waals surface area contributed by atoms with Crippen LogP contribution in [0.4, 0.5) is 5.82 Å². The number of aryl methyl sites for hydroxylation is 1. The second-order valence-electron chi connectivity index (χ2n) is 3.97. The minimum absolute atomic E-state index is 0.634. The molecule has 0 amide bonds. The number of nitrogens with zero attached hydrogens (tertiary/aromatic N) is 2. The highest BCUT2D eigenvalue weighted by Gasteiger charge is 2.16. The monoisotopic (exact) mass is 193 g/mol. The number of rotatable bonds is 3. The summed E-state index contributed by atoms with van der Waals surface area (Å²) in [5.74, 6) is 1.84. The molecular weight excluding hydrogens is 174 g/mol. The van der Waals surface area contributed by atoms with E-state index < -0.39 is 0 Å². The lowest BCUT2D eigenvalue weighted by molar-refractivity contribution is 0.541. The van der Waals surface area contributed by atoms with Crippen molar-refractivity contribution in [3.63, 3.8) is 0 Å². The van der Waals surface area contributed by atoms with Gasteiger partial charge in [0, 0.05) is 25.1 Å². The van der Waals surface area contributed by atoms with Gasteiger partial charge in [0.25, 0.3) is 0 Å². The molecule has 1 aromatic heterocycles. The first-order chi connectivity index (χ1) is 6.85. The highest BCUT2D eigenvalue weighted by Crippen LogP contribution is 2.25. The molecule has 0 aliphatic carbocycles. The lowest BCUT2D eigenvalue weighted by Gasteiger charge is -2.14. The molecule has 0 unspecified atom stereocenters. The zero-order valence-corrected chi connectivity index (χ0v) is 9.08. The van der Waals surface area contributed by atoms with E-state index in [-0.39, 0.29) is 0 Å². The van der Waals surface area contributed by atoms with Crippen molar-refractivity contribution in [2.45, 2.75) is 45.6 Å². The van der Waals surface area contributed by atoms with Gasteiger partial charge in [-0.15, -0.1) is 0 Å². The third-order valence-corrected chi connectivity index (χ3v) is 3.06. The van der Waals surface area contributed by atoms with E-state index in [0.717, 1.165) is 13.1 Å². The van der Waals surface area contributed by atoms with Gasteiger partial charge < -0.3 is 5.32 Å². The molecule has 0 atom stereocenters. The van der Waals surface area contributed by atoms with E-state index in [1.165, 1.54) is 30.8 Å². The molecule has 0 aromatic carbocycles. The Labute approximate surface area is 85.5 Å². The van der Waals surface area contributed by atoms with E-state index in [4.69, 9.17) is 0 Å². The van der Waals surface area contributed by atoms with E-state index in [1.807, 2.05) is 0 Å². The molecule has 1 aromatic rings. The predicted molar refractivity (Wildman–Crippen MR) is 58.7 cm³/mol. The minimum Gasteiger partial charge on any atom is -0.370 e. The Morgan fingerprint density at radius 1 is 1.50 bits per heavy atom. The summed E-state index contributed by atoms with van der Waals surface area (Å²) < 4.78 is 2.11. The van der Waals surface area contributed by atoms with Crippen molar-refractivity contribution in [2.24, 2.45) is 0 Å². The van der Waals surface area contributed by atoms with Gasteiger partial charge in [-0.25, -0.2) is 4.68 Å².